The minimum atomic E-state index is -0.134. The Bertz CT molecular complexity index is 718. The van der Waals surface area contributed by atoms with E-state index in [1.54, 1.807) is 30.3 Å². The number of nitrogen functional groups attached to an aromatic ring is 1. The predicted molar refractivity (Wildman–Crippen MR) is 79.7 cm³/mol. The van der Waals surface area contributed by atoms with Gasteiger partial charge in [-0.15, -0.1) is 0 Å². The number of carbonyl (C=O) groups is 1. The van der Waals surface area contributed by atoms with Crippen molar-refractivity contribution in [3.8, 4) is 23.2 Å². The number of benzene rings is 1. The second-order valence-corrected chi connectivity index (χ2v) is 4.35. The summed E-state index contributed by atoms with van der Waals surface area (Å²) in [6.07, 6.45) is 0. The number of hydrogen-bond donors (Lipinski definition) is 2. The average molecular weight is 282 g/mol. The lowest BCUT2D eigenvalue weighted by atomic mass is 10.1. The third kappa shape index (κ3) is 3.09. The van der Waals surface area contributed by atoms with Gasteiger partial charge in [0, 0.05) is 18.2 Å². The molecule has 6 heteroatoms. The van der Waals surface area contributed by atoms with Gasteiger partial charge in [-0.05, 0) is 18.2 Å². The van der Waals surface area contributed by atoms with E-state index in [-0.39, 0.29) is 17.4 Å². The zero-order chi connectivity index (χ0) is 15.4. The molecular formula is C15H14N4O2. The van der Waals surface area contributed by atoms with E-state index >= 15 is 0 Å². The Hall–Kier alpha value is -3.07. The summed E-state index contributed by atoms with van der Waals surface area (Å²) in [5.74, 6) is 0.0589. The molecule has 1 heterocycles. The summed E-state index contributed by atoms with van der Waals surface area (Å²) < 4.78 is 5.08. The van der Waals surface area contributed by atoms with Crippen LogP contribution in [0.1, 0.15) is 12.5 Å². The number of nitrogens with zero attached hydrogens (tertiary/aromatic N) is 2. The van der Waals surface area contributed by atoms with Crippen LogP contribution in [0.5, 0.6) is 5.88 Å². The number of aromatic nitrogens is 1. The molecule has 2 aromatic rings. The van der Waals surface area contributed by atoms with Crippen molar-refractivity contribution in [2.45, 2.75) is 6.92 Å². The first-order valence-electron chi connectivity index (χ1n) is 6.17. The lowest BCUT2D eigenvalue weighted by Crippen LogP contribution is -2.05. The van der Waals surface area contributed by atoms with Crippen molar-refractivity contribution in [1.82, 2.24) is 4.98 Å². The topological polar surface area (TPSA) is 101 Å². The lowest BCUT2D eigenvalue weighted by Gasteiger charge is -2.09. The maximum Gasteiger partial charge on any atom is 0.234 e. The number of nitriles is 1. The van der Waals surface area contributed by atoms with Crippen LogP contribution in [0.3, 0.4) is 0 Å². The zero-order valence-corrected chi connectivity index (χ0v) is 11.7. The number of nitrogens with one attached hydrogen (secondary N) is 1. The van der Waals surface area contributed by atoms with E-state index in [9.17, 15) is 4.79 Å². The number of pyridine rings is 1. The van der Waals surface area contributed by atoms with Gasteiger partial charge in [-0.2, -0.15) is 5.26 Å². The fraction of sp³-hybridized carbons (Fsp3) is 0.133. The van der Waals surface area contributed by atoms with Crippen molar-refractivity contribution in [3.05, 3.63) is 35.9 Å². The number of carbonyl (C=O) groups excluding carboxylic acids is 1. The minimum absolute atomic E-state index is 0.134. The van der Waals surface area contributed by atoms with Crippen LogP contribution in [0.15, 0.2) is 30.3 Å². The number of methoxy groups -OCH3 is 1. The summed E-state index contributed by atoms with van der Waals surface area (Å²) in [6.45, 7) is 1.45. The number of ether oxygens (including phenoxy) is 1. The van der Waals surface area contributed by atoms with Gasteiger partial charge in [0.15, 0.2) is 0 Å². The summed E-state index contributed by atoms with van der Waals surface area (Å²) in [6, 6.07) is 10.7. The Labute approximate surface area is 122 Å². The molecule has 0 fully saturated rings. The molecule has 2 rings (SSSR count). The summed E-state index contributed by atoms with van der Waals surface area (Å²) in [7, 11) is 1.44. The fourth-order valence-electron chi connectivity index (χ4n) is 1.88. The van der Waals surface area contributed by atoms with Gasteiger partial charge in [0.2, 0.25) is 11.8 Å². The maximum absolute atomic E-state index is 11.0. The molecule has 0 spiro atoms. The molecule has 6 nitrogen and oxygen atoms in total. The highest BCUT2D eigenvalue weighted by Crippen LogP contribution is 2.28. The molecule has 1 aromatic heterocycles. The van der Waals surface area contributed by atoms with Crippen molar-refractivity contribution in [2.24, 2.45) is 0 Å². The summed E-state index contributed by atoms with van der Waals surface area (Å²) >= 11 is 0. The molecule has 0 aliphatic heterocycles. The smallest absolute Gasteiger partial charge is 0.234 e. The maximum atomic E-state index is 11.0. The second kappa shape index (κ2) is 5.92. The molecule has 106 valence electrons. The highest BCUT2D eigenvalue weighted by atomic mass is 16.5. The molecule has 0 aliphatic carbocycles. The summed E-state index contributed by atoms with van der Waals surface area (Å²) in [5, 5.41) is 11.7. The molecule has 0 aliphatic rings. The number of hydrogen-bond acceptors (Lipinski definition) is 5. The number of anilines is 2. The van der Waals surface area contributed by atoms with E-state index in [4.69, 9.17) is 15.7 Å². The molecule has 3 N–H and O–H groups in total. The van der Waals surface area contributed by atoms with Crippen LogP contribution >= 0.6 is 0 Å². The van der Waals surface area contributed by atoms with E-state index in [2.05, 4.69) is 10.3 Å². The van der Waals surface area contributed by atoms with Crippen LogP contribution in [-0.2, 0) is 4.79 Å². The normalized spacial score (nSPS) is 9.76. The Kier molecular flexibility index (Phi) is 4.05. The van der Waals surface area contributed by atoms with Crippen LogP contribution in [0.25, 0.3) is 11.3 Å². The first-order valence-corrected chi connectivity index (χ1v) is 6.17. The van der Waals surface area contributed by atoms with Gasteiger partial charge >= 0.3 is 0 Å². The summed E-state index contributed by atoms with van der Waals surface area (Å²) in [4.78, 5) is 15.3. The van der Waals surface area contributed by atoms with Crippen LogP contribution in [0.2, 0.25) is 0 Å². The van der Waals surface area contributed by atoms with E-state index in [0.717, 1.165) is 5.56 Å². The van der Waals surface area contributed by atoms with Crippen molar-refractivity contribution in [1.29, 1.82) is 5.26 Å². The monoisotopic (exact) mass is 282 g/mol. The van der Waals surface area contributed by atoms with Crippen LogP contribution < -0.4 is 15.8 Å². The van der Waals surface area contributed by atoms with Gasteiger partial charge in [0.05, 0.1) is 18.5 Å². The lowest BCUT2D eigenvalue weighted by molar-refractivity contribution is -0.114. The molecule has 1 aromatic carbocycles. The molecule has 0 saturated heterocycles. The first kappa shape index (κ1) is 14.3. The fourth-order valence-corrected chi connectivity index (χ4v) is 1.88. The van der Waals surface area contributed by atoms with Crippen molar-refractivity contribution in [3.63, 3.8) is 0 Å². The van der Waals surface area contributed by atoms with Crippen molar-refractivity contribution in [2.75, 3.05) is 18.2 Å². The standard InChI is InChI=1S/C15H14N4O2/c1-9(20)18-11-5-3-10(4-6-11)14-7-13(17)12(8-16)15(19-14)21-2/h3-7H,1-2H3,(H2,17,19)(H,18,20). The molecule has 0 radical (unpaired) electrons. The van der Waals surface area contributed by atoms with Crippen LogP contribution in [0, 0.1) is 11.3 Å². The van der Waals surface area contributed by atoms with Gasteiger partial charge in [0.25, 0.3) is 0 Å². The molecular weight excluding hydrogens is 268 g/mol. The van der Waals surface area contributed by atoms with Gasteiger partial charge in [0.1, 0.15) is 11.6 Å². The Morgan fingerprint density at radius 2 is 2.05 bits per heavy atom. The molecule has 0 saturated carbocycles. The van der Waals surface area contributed by atoms with Crippen molar-refractivity contribution >= 4 is 17.3 Å². The summed E-state index contributed by atoms with van der Waals surface area (Å²) in [5.41, 5.74) is 8.46. The van der Waals surface area contributed by atoms with E-state index in [1.807, 2.05) is 6.07 Å². The molecule has 0 atom stereocenters. The number of rotatable bonds is 3. The van der Waals surface area contributed by atoms with Gasteiger partial charge in [-0.3, -0.25) is 4.79 Å². The molecule has 0 bridgehead atoms. The largest absolute Gasteiger partial charge is 0.480 e. The molecule has 21 heavy (non-hydrogen) atoms. The quantitative estimate of drug-likeness (QED) is 0.898. The van der Waals surface area contributed by atoms with Crippen LogP contribution in [-0.4, -0.2) is 18.0 Å². The Balaban J connectivity index is 2.40. The van der Waals surface area contributed by atoms with E-state index in [0.29, 0.717) is 17.1 Å². The van der Waals surface area contributed by atoms with Gasteiger partial charge in [-0.1, -0.05) is 12.1 Å². The van der Waals surface area contributed by atoms with E-state index in [1.165, 1.54) is 14.0 Å². The number of nitrogens with two attached hydrogens (primary N) is 1. The second-order valence-electron chi connectivity index (χ2n) is 4.35. The highest BCUT2D eigenvalue weighted by molar-refractivity contribution is 5.89. The Morgan fingerprint density at radius 3 is 2.57 bits per heavy atom. The SMILES string of the molecule is COc1nc(-c2ccc(NC(C)=O)cc2)cc(N)c1C#N. The van der Waals surface area contributed by atoms with E-state index < -0.39 is 0 Å². The predicted octanol–water partition coefficient (Wildman–Crippen LogP) is 2.17. The Morgan fingerprint density at radius 1 is 1.38 bits per heavy atom. The van der Waals surface area contributed by atoms with Gasteiger partial charge in [-0.25, -0.2) is 4.98 Å². The highest BCUT2D eigenvalue weighted by Gasteiger charge is 2.12. The third-order valence-electron chi connectivity index (χ3n) is 2.82. The average Bonchev–Trinajstić information content (AvgIpc) is 2.46. The molecule has 0 unspecified atom stereocenters. The third-order valence-corrected chi connectivity index (χ3v) is 2.82. The van der Waals surface area contributed by atoms with Crippen LogP contribution in [0.4, 0.5) is 11.4 Å². The van der Waals surface area contributed by atoms with Gasteiger partial charge < -0.3 is 15.8 Å². The van der Waals surface area contributed by atoms with Crippen molar-refractivity contribution < 1.29 is 9.53 Å². The number of amides is 1. The molecule has 1 amide bonds. The minimum Gasteiger partial charge on any atom is -0.480 e. The zero-order valence-electron chi connectivity index (χ0n) is 11.7. The first-order chi connectivity index (χ1) is 10.0.